The summed E-state index contributed by atoms with van der Waals surface area (Å²) < 4.78 is 462. The first-order chi connectivity index (χ1) is 54.5. The molecule has 6 heterocycles. The molecular weight excluding hydrogens is 1840 g/mol. The molecule has 0 atom stereocenters. The molecule has 0 spiro atoms. The molecule has 0 aliphatic heterocycles. The molecule has 6 aromatic carbocycles. The van der Waals surface area contributed by atoms with Gasteiger partial charge in [-0.2, -0.15) is 158 Å². The van der Waals surface area contributed by atoms with Crippen molar-refractivity contribution in [3.05, 3.63) is 279 Å². The van der Waals surface area contributed by atoms with Crippen LogP contribution in [0.25, 0.3) is 34.1 Å². The van der Waals surface area contributed by atoms with Gasteiger partial charge in [-0.05, 0) is 183 Å². The molecule has 648 valence electrons. The lowest BCUT2D eigenvalue weighted by Crippen LogP contribution is -2.12. The zero-order chi connectivity index (χ0) is 90.8. The van der Waals surface area contributed by atoms with Crippen LogP contribution >= 0.6 is 73.3 Å². The summed E-state index contributed by atoms with van der Waals surface area (Å²) in [7, 11) is 0. The van der Waals surface area contributed by atoms with Crippen LogP contribution in [0.1, 0.15) is 66.8 Å². The van der Waals surface area contributed by atoms with Gasteiger partial charge in [-0.15, -0.1) is 0 Å². The fourth-order valence-corrected chi connectivity index (χ4v) is 11.0. The number of hydrogen-bond donors (Lipinski definition) is 6. The summed E-state index contributed by atoms with van der Waals surface area (Å²) in [5.74, 6) is 0. The number of nitrogens with zero attached hydrogens (tertiary/aromatic N) is 6. The van der Waals surface area contributed by atoms with Crippen molar-refractivity contribution in [3.63, 3.8) is 0 Å². The third kappa shape index (κ3) is 25.7. The van der Waals surface area contributed by atoms with Crippen molar-refractivity contribution in [2.24, 2.45) is 0 Å². The van der Waals surface area contributed by atoms with Gasteiger partial charge in [0.1, 0.15) is 0 Å². The van der Waals surface area contributed by atoms with Crippen molar-refractivity contribution in [1.82, 2.24) is 57.3 Å². The molecule has 12 nitrogen and oxygen atoms in total. The van der Waals surface area contributed by atoms with Crippen LogP contribution in [0.3, 0.4) is 0 Å². The minimum atomic E-state index is -4.88. The van der Waals surface area contributed by atoms with E-state index in [0.717, 1.165) is 27.4 Å². The number of hydrogen-bond acceptors (Lipinski definition) is 6. The van der Waals surface area contributed by atoms with Gasteiger partial charge >= 0.3 is 74.1 Å². The van der Waals surface area contributed by atoms with E-state index < -0.39 is 141 Å². The van der Waals surface area contributed by atoms with Gasteiger partial charge in [0.05, 0.1) is 66.8 Å². The second-order valence-electron chi connectivity index (χ2n) is 23.4. The maximum absolute atomic E-state index is 12.7. The summed E-state index contributed by atoms with van der Waals surface area (Å²) in [6.07, 6.45) is -43.2. The van der Waals surface area contributed by atoms with Gasteiger partial charge in [0.15, 0.2) is 28.6 Å². The minimum absolute atomic E-state index is 0.00236. The van der Waals surface area contributed by atoms with E-state index in [2.05, 4.69) is 29.9 Å². The third-order valence-electron chi connectivity index (χ3n) is 15.0. The summed E-state index contributed by atoms with van der Waals surface area (Å²) in [5, 5.41) is 0. The van der Waals surface area contributed by atoms with Gasteiger partial charge < -0.3 is 29.9 Å². The summed E-state index contributed by atoms with van der Waals surface area (Å²) in [4.78, 5) is 15.0. The Morgan fingerprint density at radius 1 is 0.150 bits per heavy atom. The molecule has 6 aromatic heterocycles. The highest BCUT2D eigenvalue weighted by molar-refractivity contribution is 7.72. The van der Waals surface area contributed by atoms with Crippen LogP contribution < -0.4 is 0 Å². The van der Waals surface area contributed by atoms with Gasteiger partial charge in [-0.25, -0.2) is 0 Å². The SMILES string of the molecule is FC(F)(F)c1cc(-n2cc[nH]c2=S)cc(C(F)(F)F)c1.FC(F)(F)c1cc(-n2cc[nH]c2=S)cc(C(F)(F)F)c1.FC(F)(F)c1cc(-n2cc[nH]c2=S)cc(C(F)(F)F)c1.FC(F)(F)c1cc(-n2cc[nH]c2=S)cc(C(F)(F)F)c1.FC(F)(F)c1cc(-n2cc[nH]c2=S)cc(C(F)(F)F)c1.FC(F)(F)c1cc(-n2cc[nH]c2=S)cc(C(F)(F)F)c1. The number of aromatic amines is 6. The Hall–Kier alpha value is -10.6. The predicted octanol–water partition coefficient (Wildman–Crippen LogP) is 27.4. The second kappa shape index (κ2) is 35.6. The van der Waals surface area contributed by atoms with Crippen molar-refractivity contribution in [3.8, 4) is 34.1 Å². The lowest BCUT2D eigenvalue weighted by molar-refractivity contribution is -0.144. The van der Waals surface area contributed by atoms with Gasteiger partial charge in [-0.3, -0.25) is 27.4 Å². The monoisotopic (exact) mass is 1870 g/mol. The van der Waals surface area contributed by atoms with Crippen LogP contribution in [0.5, 0.6) is 0 Å². The summed E-state index contributed by atoms with van der Waals surface area (Å²) >= 11 is 28.7. The topological polar surface area (TPSA) is 124 Å². The molecule has 0 aliphatic carbocycles. The lowest BCUT2D eigenvalue weighted by Gasteiger charge is -2.14. The first-order valence-electron chi connectivity index (χ1n) is 30.9. The fourth-order valence-electron chi connectivity index (χ4n) is 9.61. The second-order valence-corrected chi connectivity index (χ2v) is 25.7. The number of benzene rings is 6. The largest absolute Gasteiger partial charge is 0.416 e. The highest BCUT2D eigenvalue weighted by Crippen LogP contribution is 2.44. The number of alkyl halides is 36. The summed E-state index contributed by atoms with van der Waals surface area (Å²) in [5.41, 5.74) is -18.4. The van der Waals surface area contributed by atoms with E-state index in [-0.39, 0.29) is 99.1 Å². The molecule has 0 radical (unpaired) electrons. The normalized spacial score (nSPS) is 12.7. The van der Waals surface area contributed by atoms with Gasteiger partial charge in [0.2, 0.25) is 0 Å². The standard InChI is InChI=1S/6C11H6F6N2S/c6*12-10(13,14)6-3-7(11(15,16)17)5-8(4-6)19-2-1-18-9(19)20/h6*1-5H,(H,18,20). The fraction of sp³-hybridized carbons (Fsp3) is 0.182. The van der Waals surface area contributed by atoms with Gasteiger partial charge in [0, 0.05) is 108 Å². The molecular formula is C66H36F36N12S6. The summed E-state index contributed by atoms with van der Waals surface area (Å²) in [6, 6.07) is 7.74. The Balaban J connectivity index is 0.000000198. The molecule has 12 aromatic rings. The molecule has 0 fully saturated rings. The Labute approximate surface area is 672 Å². The van der Waals surface area contributed by atoms with Gasteiger partial charge in [0.25, 0.3) is 0 Å². The van der Waals surface area contributed by atoms with E-state index >= 15 is 0 Å². The zero-order valence-electron chi connectivity index (χ0n) is 57.1. The smallest absolute Gasteiger partial charge is 0.337 e. The molecule has 0 saturated heterocycles. The van der Waals surface area contributed by atoms with Crippen LogP contribution in [-0.2, 0) is 74.1 Å². The first kappa shape index (κ1) is 96.5. The molecule has 6 N–H and O–H groups in total. The molecule has 12 rings (SSSR count). The molecule has 0 saturated carbocycles. The van der Waals surface area contributed by atoms with Gasteiger partial charge in [-0.1, -0.05) is 0 Å². The Morgan fingerprint density at radius 3 is 0.292 bits per heavy atom. The molecule has 54 heteroatoms. The first-order valence-corrected chi connectivity index (χ1v) is 33.3. The third-order valence-corrected chi connectivity index (χ3v) is 16.9. The van der Waals surface area contributed by atoms with Crippen LogP contribution in [0, 0.1) is 28.6 Å². The number of aromatic nitrogens is 12. The minimum Gasteiger partial charge on any atom is -0.337 e. The Bertz CT molecular complexity index is 4810. The number of rotatable bonds is 6. The average Bonchev–Trinajstić information content (AvgIpc) is 1.50. The average molecular weight is 1870 g/mol. The highest BCUT2D eigenvalue weighted by atomic mass is 32.1. The van der Waals surface area contributed by atoms with Crippen LogP contribution in [0.15, 0.2) is 184 Å². The van der Waals surface area contributed by atoms with E-state index in [0.29, 0.717) is 72.8 Å². The van der Waals surface area contributed by atoms with E-state index in [1.807, 2.05) is 0 Å². The molecule has 0 bridgehead atoms. The molecule has 0 aliphatic rings. The van der Waals surface area contributed by atoms with Crippen molar-refractivity contribution < 1.29 is 158 Å². The van der Waals surface area contributed by atoms with Crippen molar-refractivity contribution in [1.29, 1.82) is 0 Å². The van der Waals surface area contributed by atoms with E-state index in [4.69, 9.17) is 73.3 Å². The summed E-state index contributed by atoms with van der Waals surface area (Å²) in [6.45, 7) is 0. The predicted molar refractivity (Wildman–Crippen MR) is 366 cm³/mol. The van der Waals surface area contributed by atoms with Crippen LogP contribution in [0.2, 0.25) is 0 Å². The number of nitrogens with one attached hydrogen (secondary N) is 6. The molecule has 120 heavy (non-hydrogen) atoms. The highest BCUT2D eigenvalue weighted by Gasteiger charge is 2.44. The number of imidazole rings is 6. The van der Waals surface area contributed by atoms with E-state index in [9.17, 15) is 158 Å². The number of halogens is 36. The van der Waals surface area contributed by atoms with Crippen LogP contribution in [0.4, 0.5) is 158 Å². The Kier molecular flexibility index (Phi) is 28.6. The molecule has 0 unspecified atom stereocenters. The number of H-pyrrole nitrogens is 6. The lowest BCUT2D eigenvalue weighted by atomic mass is 10.1. The van der Waals surface area contributed by atoms with Crippen molar-refractivity contribution >= 4 is 73.3 Å². The maximum atomic E-state index is 12.7. The van der Waals surface area contributed by atoms with Crippen molar-refractivity contribution in [2.45, 2.75) is 74.1 Å². The van der Waals surface area contributed by atoms with E-state index in [1.165, 1.54) is 74.4 Å². The molecule has 0 amide bonds. The quantitative estimate of drug-likeness (QED) is 0.0728. The van der Waals surface area contributed by atoms with Crippen LogP contribution in [-0.4, -0.2) is 57.3 Å². The van der Waals surface area contributed by atoms with Crippen molar-refractivity contribution in [2.75, 3.05) is 0 Å². The van der Waals surface area contributed by atoms with E-state index in [1.54, 1.807) is 0 Å². The zero-order valence-corrected chi connectivity index (χ0v) is 62.0. The Morgan fingerprint density at radius 2 is 0.233 bits per heavy atom. The maximum Gasteiger partial charge on any atom is 0.416 e.